The fourth-order valence-corrected chi connectivity index (χ4v) is 6.03. The minimum atomic E-state index is -3.01. The molecule has 1 aromatic rings. The maximum absolute atomic E-state index is 12.9. The summed E-state index contributed by atoms with van der Waals surface area (Å²) < 4.78 is 42.2. The van der Waals surface area contributed by atoms with E-state index in [1.165, 1.54) is 12.1 Å². The molecule has 0 radical (unpaired) electrons. The Labute approximate surface area is 160 Å². The van der Waals surface area contributed by atoms with E-state index in [9.17, 15) is 17.6 Å². The Morgan fingerprint density at radius 2 is 2.00 bits per heavy atom. The van der Waals surface area contributed by atoms with Crippen LogP contribution in [-0.2, 0) is 25.8 Å². The number of hydrogen-bond acceptors (Lipinski definition) is 4. The largest absolute Gasteiger partial charge is 0.374 e. The summed E-state index contributed by atoms with van der Waals surface area (Å²) in [7, 11) is -3.01. The fourth-order valence-electron chi connectivity index (χ4n) is 4.05. The number of carbonyl (C=O) groups excluding carboxylic acids is 1. The third-order valence-corrected chi connectivity index (χ3v) is 7.28. The molecule has 2 aliphatic heterocycles. The molecule has 1 amide bonds. The van der Waals surface area contributed by atoms with Gasteiger partial charge in [-0.05, 0) is 56.2 Å². The zero-order chi connectivity index (χ0) is 19.3. The second-order valence-electron chi connectivity index (χ2n) is 7.82. The van der Waals surface area contributed by atoms with E-state index in [0.29, 0.717) is 25.9 Å². The summed E-state index contributed by atoms with van der Waals surface area (Å²) in [6, 6.07) is 6.54. The summed E-state index contributed by atoms with van der Waals surface area (Å²) in [5.41, 5.74) is 0.518. The van der Waals surface area contributed by atoms with Crippen LogP contribution in [0.25, 0.3) is 0 Å². The number of unbranched alkanes of at least 4 members (excludes halogenated alkanes) is 2. The SMILES string of the molecule is O=C(CCCCCc1ccc(F)cc1)NC1CCOC2(CCS(=O)(=O)C2)C1. The molecule has 0 saturated carbocycles. The minimum Gasteiger partial charge on any atom is -0.374 e. The van der Waals surface area contributed by atoms with Crippen molar-refractivity contribution in [2.45, 2.75) is 63.0 Å². The van der Waals surface area contributed by atoms with Gasteiger partial charge in [0.1, 0.15) is 5.82 Å². The third kappa shape index (κ3) is 6.01. The van der Waals surface area contributed by atoms with Crippen molar-refractivity contribution in [3.63, 3.8) is 0 Å². The van der Waals surface area contributed by atoms with Crippen molar-refractivity contribution in [3.8, 4) is 0 Å². The molecule has 1 aromatic carbocycles. The van der Waals surface area contributed by atoms with Gasteiger partial charge in [-0.2, -0.15) is 0 Å². The number of halogens is 1. The van der Waals surface area contributed by atoms with Gasteiger partial charge in [0.05, 0.1) is 17.1 Å². The minimum absolute atomic E-state index is 0.00114. The summed E-state index contributed by atoms with van der Waals surface area (Å²) in [5.74, 6) is 0.0671. The van der Waals surface area contributed by atoms with Crippen LogP contribution in [0, 0.1) is 5.82 Å². The number of sulfone groups is 1. The van der Waals surface area contributed by atoms with Gasteiger partial charge in [-0.25, -0.2) is 12.8 Å². The van der Waals surface area contributed by atoms with Gasteiger partial charge in [0.25, 0.3) is 0 Å². The molecule has 0 bridgehead atoms. The summed E-state index contributed by atoms with van der Waals surface area (Å²) >= 11 is 0. The van der Waals surface area contributed by atoms with Gasteiger partial charge < -0.3 is 10.1 Å². The highest BCUT2D eigenvalue weighted by molar-refractivity contribution is 7.91. The van der Waals surface area contributed by atoms with Crippen molar-refractivity contribution in [2.24, 2.45) is 0 Å². The third-order valence-electron chi connectivity index (χ3n) is 5.49. The molecular formula is C20H28FNO4S. The van der Waals surface area contributed by atoms with E-state index >= 15 is 0 Å². The molecule has 1 spiro atoms. The van der Waals surface area contributed by atoms with E-state index < -0.39 is 15.4 Å². The highest BCUT2D eigenvalue weighted by Gasteiger charge is 2.46. The number of hydrogen-bond donors (Lipinski definition) is 1. The number of rotatable bonds is 7. The Morgan fingerprint density at radius 3 is 2.70 bits per heavy atom. The van der Waals surface area contributed by atoms with E-state index in [4.69, 9.17) is 4.74 Å². The number of amides is 1. The van der Waals surface area contributed by atoms with E-state index in [0.717, 1.165) is 37.7 Å². The Kier molecular flexibility index (Phi) is 6.52. The van der Waals surface area contributed by atoms with Crippen LogP contribution in [0.1, 0.15) is 50.5 Å². The maximum Gasteiger partial charge on any atom is 0.220 e. The zero-order valence-electron chi connectivity index (χ0n) is 15.6. The summed E-state index contributed by atoms with van der Waals surface area (Å²) in [6.07, 6.45) is 5.95. The molecule has 5 nitrogen and oxygen atoms in total. The van der Waals surface area contributed by atoms with Crippen LogP contribution in [-0.4, -0.2) is 44.1 Å². The first kappa shape index (κ1) is 20.3. The van der Waals surface area contributed by atoms with Crippen molar-refractivity contribution in [3.05, 3.63) is 35.6 Å². The van der Waals surface area contributed by atoms with Crippen molar-refractivity contribution in [1.29, 1.82) is 0 Å². The van der Waals surface area contributed by atoms with Crippen LogP contribution in [0.2, 0.25) is 0 Å². The quantitative estimate of drug-likeness (QED) is 0.718. The van der Waals surface area contributed by atoms with Crippen molar-refractivity contribution < 1.29 is 22.3 Å². The summed E-state index contributed by atoms with van der Waals surface area (Å²) in [5, 5.41) is 3.06. The number of ether oxygens (including phenoxy) is 1. The van der Waals surface area contributed by atoms with Crippen molar-refractivity contribution >= 4 is 15.7 Å². The first-order valence-electron chi connectivity index (χ1n) is 9.74. The lowest BCUT2D eigenvalue weighted by atomic mass is 9.90. The van der Waals surface area contributed by atoms with E-state index in [-0.39, 0.29) is 29.3 Å². The fraction of sp³-hybridized carbons (Fsp3) is 0.650. The Balaban J connectivity index is 1.34. The highest BCUT2D eigenvalue weighted by Crippen LogP contribution is 2.35. The molecule has 1 N–H and O–H groups in total. The standard InChI is InChI=1S/C20H28FNO4S/c21-17-8-6-16(7-9-17)4-2-1-3-5-19(23)22-18-10-12-26-20(14-18)11-13-27(24,25)15-20/h6-9,18H,1-5,10-15H2,(H,22,23). The summed E-state index contributed by atoms with van der Waals surface area (Å²) in [4.78, 5) is 12.2. The Hall–Kier alpha value is -1.47. The lowest BCUT2D eigenvalue weighted by molar-refractivity contribution is -0.124. The molecule has 3 rings (SSSR count). The molecule has 2 fully saturated rings. The van der Waals surface area contributed by atoms with Crippen LogP contribution >= 0.6 is 0 Å². The monoisotopic (exact) mass is 397 g/mol. The topological polar surface area (TPSA) is 72.5 Å². The molecule has 150 valence electrons. The normalized spacial score (nSPS) is 26.9. The molecule has 0 aliphatic carbocycles. The van der Waals surface area contributed by atoms with Crippen LogP contribution < -0.4 is 5.32 Å². The smallest absolute Gasteiger partial charge is 0.220 e. The predicted octanol–water partition coefficient (Wildman–Crippen LogP) is 2.78. The van der Waals surface area contributed by atoms with Crippen LogP contribution in [0.15, 0.2) is 24.3 Å². The molecular weight excluding hydrogens is 369 g/mol. The first-order chi connectivity index (χ1) is 12.9. The van der Waals surface area contributed by atoms with E-state index in [1.807, 2.05) is 0 Å². The van der Waals surface area contributed by atoms with Gasteiger partial charge in [0, 0.05) is 19.1 Å². The van der Waals surface area contributed by atoms with Gasteiger partial charge in [0.15, 0.2) is 9.84 Å². The molecule has 2 unspecified atom stereocenters. The maximum atomic E-state index is 12.9. The number of carbonyl (C=O) groups is 1. The van der Waals surface area contributed by atoms with Gasteiger partial charge in [-0.15, -0.1) is 0 Å². The second-order valence-corrected chi connectivity index (χ2v) is 10.0. The Morgan fingerprint density at radius 1 is 1.22 bits per heavy atom. The average molecular weight is 398 g/mol. The number of nitrogens with one attached hydrogen (secondary N) is 1. The Bertz CT molecular complexity index is 750. The number of aryl methyl sites for hydroxylation is 1. The van der Waals surface area contributed by atoms with Crippen molar-refractivity contribution in [1.82, 2.24) is 5.32 Å². The first-order valence-corrected chi connectivity index (χ1v) is 11.6. The predicted molar refractivity (Wildman–Crippen MR) is 102 cm³/mol. The van der Waals surface area contributed by atoms with Gasteiger partial charge >= 0.3 is 0 Å². The van der Waals surface area contributed by atoms with E-state index in [1.54, 1.807) is 12.1 Å². The molecule has 2 heterocycles. The second kappa shape index (κ2) is 8.69. The van der Waals surface area contributed by atoms with Crippen LogP contribution in [0.5, 0.6) is 0 Å². The lowest BCUT2D eigenvalue weighted by Gasteiger charge is -2.37. The lowest BCUT2D eigenvalue weighted by Crippen LogP contribution is -2.49. The van der Waals surface area contributed by atoms with Crippen LogP contribution in [0.3, 0.4) is 0 Å². The number of benzene rings is 1. The van der Waals surface area contributed by atoms with Gasteiger partial charge in [-0.3, -0.25) is 4.79 Å². The van der Waals surface area contributed by atoms with Gasteiger partial charge in [0.2, 0.25) is 5.91 Å². The van der Waals surface area contributed by atoms with Crippen molar-refractivity contribution in [2.75, 3.05) is 18.1 Å². The molecule has 27 heavy (non-hydrogen) atoms. The van der Waals surface area contributed by atoms with Crippen LogP contribution in [0.4, 0.5) is 4.39 Å². The molecule has 7 heteroatoms. The highest BCUT2D eigenvalue weighted by atomic mass is 32.2. The van der Waals surface area contributed by atoms with E-state index in [2.05, 4.69) is 5.32 Å². The zero-order valence-corrected chi connectivity index (χ0v) is 16.4. The molecule has 0 aromatic heterocycles. The van der Waals surface area contributed by atoms with Gasteiger partial charge in [-0.1, -0.05) is 18.6 Å². The average Bonchev–Trinajstić information content (AvgIpc) is 2.90. The summed E-state index contributed by atoms with van der Waals surface area (Å²) in [6.45, 7) is 0.498. The molecule has 2 atom stereocenters. The molecule has 2 aliphatic rings. The molecule has 2 saturated heterocycles.